The molecule has 57 valence electrons. The molecule has 0 heterocycles. The van der Waals surface area contributed by atoms with Gasteiger partial charge in [-0.2, -0.15) is 23.6 Å². The number of benzene rings is 1. The first kappa shape index (κ1) is 19.9. The molecule has 0 saturated carbocycles. The average molecular weight is 386 g/mol. The van der Waals surface area contributed by atoms with Crippen molar-refractivity contribution in [2.45, 2.75) is 13.8 Å². The maximum Gasteiger partial charge on any atom is 0 e. The van der Waals surface area contributed by atoms with Crippen molar-refractivity contribution in [3.05, 3.63) is 41.8 Å². The molecule has 0 atom stereocenters. The van der Waals surface area contributed by atoms with Gasteiger partial charge in [0.2, 0.25) is 0 Å². The molecule has 0 bridgehead atoms. The van der Waals surface area contributed by atoms with E-state index in [9.17, 15) is 0 Å². The zero-order valence-corrected chi connectivity index (χ0v) is 16.1. The zero-order valence-electron chi connectivity index (χ0n) is 7.62. The molecule has 3 heteroatoms. The smallest absolute Gasteiger partial charge is 0 e. The summed E-state index contributed by atoms with van der Waals surface area (Å²) in [4.78, 5) is 0. The molecule has 0 nitrogen and oxygen atoms in total. The topological polar surface area (TPSA) is 0 Å². The standard InChI is InChI=1S/C9H11.3Y/c1-8(2)9-6-4-3-5-7-9;;;/h3-7H,1-2H3;;;/q-1;;;. The van der Waals surface area contributed by atoms with Crippen LogP contribution in [0.4, 0.5) is 0 Å². The molecule has 0 aliphatic heterocycles. The van der Waals surface area contributed by atoms with Crippen LogP contribution in [0.25, 0.3) is 0 Å². The summed E-state index contributed by atoms with van der Waals surface area (Å²) in [6, 6.07) is 10.4. The molecule has 0 aromatic heterocycles. The van der Waals surface area contributed by atoms with E-state index in [-0.39, 0.29) is 98.1 Å². The number of hydrogen-bond donors (Lipinski definition) is 0. The van der Waals surface area contributed by atoms with Gasteiger partial charge in [-0.3, -0.25) is 0 Å². The van der Waals surface area contributed by atoms with Crippen molar-refractivity contribution in [1.29, 1.82) is 0 Å². The molecule has 1 aromatic carbocycles. The van der Waals surface area contributed by atoms with Crippen molar-refractivity contribution < 1.29 is 98.1 Å². The minimum Gasteiger partial charge on any atom is -0.189 e. The van der Waals surface area contributed by atoms with Gasteiger partial charge in [-0.25, -0.2) is 0 Å². The van der Waals surface area contributed by atoms with Gasteiger partial charge in [0.15, 0.2) is 0 Å². The Morgan fingerprint density at radius 1 is 0.833 bits per heavy atom. The molecule has 1 aromatic rings. The normalized spacial score (nSPS) is 6.83. The maximum absolute atomic E-state index is 2.12. The van der Waals surface area contributed by atoms with Gasteiger partial charge in [-0.15, -0.1) is 12.1 Å². The fourth-order valence-electron chi connectivity index (χ4n) is 0.771. The second-order valence-corrected chi connectivity index (χ2v) is 2.37. The molecular formula is C9H11Y3-. The summed E-state index contributed by atoms with van der Waals surface area (Å²) >= 11 is 0. The van der Waals surface area contributed by atoms with Gasteiger partial charge in [-0.1, -0.05) is 19.9 Å². The monoisotopic (exact) mass is 386 g/mol. The van der Waals surface area contributed by atoms with Crippen molar-refractivity contribution in [3.8, 4) is 0 Å². The van der Waals surface area contributed by atoms with E-state index >= 15 is 0 Å². The summed E-state index contributed by atoms with van der Waals surface area (Å²) in [5.41, 5.74) is 1.33. The van der Waals surface area contributed by atoms with Crippen LogP contribution in [0.3, 0.4) is 0 Å². The minimum absolute atomic E-state index is 0. The van der Waals surface area contributed by atoms with E-state index in [1.807, 2.05) is 6.07 Å². The van der Waals surface area contributed by atoms with E-state index in [0.29, 0.717) is 0 Å². The summed E-state index contributed by atoms with van der Waals surface area (Å²) < 4.78 is 0. The Hall–Kier alpha value is 2.40. The molecule has 12 heavy (non-hydrogen) atoms. The van der Waals surface area contributed by atoms with Crippen LogP contribution in [-0.2, 0) is 98.1 Å². The summed E-state index contributed by atoms with van der Waals surface area (Å²) in [7, 11) is 0. The largest absolute Gasteiger partial charge is 0.189 e. The van der Waals surface area contributed by atoms with Crippen LogP contribution < -0.4 is 0 Å². The van der Waals surface area contributed by atoms with Gasteiger partial charge in [0, 0.05) is 98.1 Å². The number of hydrogen-bond acceptors (Lipinski definition) is 0. The molecule has 0 aliphatic rings. The summed E-state index contributed by atoms with van der Waals surface area (Å²) in [6.45, 7) is 4.24. The second kappa shape index (κ2) is 11.5. The Morgan fingerprint density at radius 3 is 1.50 bits per heavy atom. The van der Waals surface area contributed by atoms with Crippen LogP contribution in [0.15, 0.2) is 30.3 Å². The van der Waals surface area contributed by atoms with Crippen LogP contribution in [0.2, 0.25) is 0 Å². The molecule has 0 spiro atoms. The Morgan fingerprint density at radius 2 is 1.25 bits per heavy atom. The van der Waals surface area contributed by atoms with Gasteiger partial charge in [0.1, 0.15) is 0 Å². The van der Waals surface area contributed by atoms with Crippen LogP contribution in [-0.4, -0.2) is 0 Å². The minimum atomic E-state index is 0. The van der Waals surface area contributed by atoms with E-state index in [1.54, 1.807) is 0 Å². The molecule has 0 fully saturated rings. The molecule has 3 radical (unpaired) electrons. The van der Waals surface area contributed by atoms with Crippen molar-refractivity contribution in [1.82, 2.24) is 0 Å². The first-order valence-corrected chi connectivity index (χ1v) is 3.16. The van der Waals surface area contributed by atoms with Gasteiger partial charge in [0.25, 0.3) is 0 Å². The average Bonchev–Trinajstić information content (AvgIpc) is 1.90. The third kappa shape index (κ3) is 7.77. The van der Waals surface area contributed by atoms with E-state index in [1.165, 1.54) is 11.5 Å². The Bertz CT molecular complexity index is 172. The first-order valence-electron chi connectivity index (χ1n) is 3.16. The molecule has 0 N–H and O–H groups in total. The first-order chi connectivity index (χ1) is 4.30. The van der Waals surface area contributed by atoms with Crippen molar-refractivity contribution >= 4 is 0 Å². The molecule has 0 unspecified atom stereocenters. The van der Waals surface area contributed by atoms with E-state index < -0.39 is 0 Å². The second-order valence-electron chi connectivity index (χ2n) is 2.37. The third-order valence-corrected chi connectivity index (χ3v) is 1.35. The van der Waals surface area contributed by atoms with Gasteiger partial charge < -0.3 is 0 Å². The molecular weight excluding hydrogens is 375 g/mol. The molecule has 0 aliphatic carbocycles. The number of rotatable bonds is 1. The van der Waals surface area contributed by atoms with Crippen LogP contribution in [0.1, 0.15) is 19.4 Å². The maximum atomic E-state index is 2.12. The van der Waals surface area contributed by atoms with Crippen molar-refractivity contribution in [3.63, 3.8) is 0 Å². The SMILES string of the molecule is C[C-](C)c1ccccc1.[Y].[Y].[Y]. The van der Waals surface area contributed by atoms with E-state index in [2.05, 4.69) is 38.1 Å². The van der Waals surface area contributed by atoms with Gasteiger partial charge in [-0.05, 0) is 0 Å². The third-order valence-electron chi connectivity index (χ3n) is 1.35. The quantitative estimate of drug-likeness (QED) is 0.652. The Balaban J connectivity index is -0.000000270. The Kier molecular flexibility index (Phi) is 19.0. The van der Waals surface area contributed by atoms with E-state index in [4.69, 9.17) is 0 Å². The molecule has 0 saturated heterocycles. The fraction of sp³-hybridized carbons (Fsp3) is 0.222. The molecule has 1 rings (SSSR count). The summed E-state index contributed by atoms with van der Waals surface area (Å²) in [5.74, 6) is 1.37. The van der Waals surface area contributed by atoms with Crippen LogP contribution in [0.5, 0.6) is 0 Å². The van der Waals surface area contributed by atoms with Gasteiger partial charge in [0.05, 0.1) is 0 Å². The van der Waals surface area contributed by atoms with Crippen molar-refractivity contribution in [2.75, 3.05) is 0 Å². The summed E-state index contributed by atoms with van der Waals surface area (Å²) in [5, 5.41) is 0. The van der Waals surface area contributed by atoms with Crippen LogP contribution in [0, 0.1) is 5.92 Å². The predicted octanol–water partition coefficient (Wildman–Crippen LogP) is 2.64. The fourth-order valence-corrected chi connectivity index (χ4v) is 0.771. The van der Waals surface area contributed by atoms with Gasteiger partial charge >= 0.3 is 0 Å². The van der Waals surface area contributed by atoms with Crippen LogP contribution >= 0.6 is 0 Å². The predicted molar refractivity (Wildman–Crippen MR) is 40.1 cm³/mol. The van der Waals surface area contributed by atoms with Crippen molar-refractivity contribution in [2.24, 2.45) is 0 Å². The zero-order chi connectivity index (χ0) is 6.69. The van der Waals surface area contributed by atoms with E-state index in [0.717, 1.165) is 0 Å². The molecule has 0 amide bonds. The Labute approximate surface area is 151 Å². The summed E-state index contributed by atoms with van der Waals surface area (Å²) in [6.07, 6.45) is 0.